The molecule has 1 saturated heterocycles. The summed E-state index contributed by atoms with van der Waals surface area (Å²) >= 11 is 12.0. The van der Waals surface area contributed by atoms with Crippen molar-refractivity contribution in [2.75, 3.05) is 13.1 Å². The molecular weight excluding hydrogens is 453 g/mol. The first-order valence-corrected chi connectivity index (χ1v) is 11.0. The normalized spacial score (nSPS) is 15.4. The largest absolute Gasteiger partial charge is 0.451 e. The number of likely N-dealkylation sites (tertiary alicyclic amines) is 1. The molecule has 32 heavy (non-hydrogen) atoms. The highest BCUT2D eigenvalue weighted by atomic mass is 35.5. The molecule has 4 aromatic rings. The van der Waals surface area contributed by atoms with Crippen LogP contribution < -0.4 is 10.7 Å². The van der Waals surface area contributed by atoms with Gasteiger partial charge in [-0.25, -0.2) is 4.98 Å². The quantitative estimate of drug-likeness (QED) is 0.466. The first kappa shape index (κ1) is 21.0. The summed E-state index contributed by atoms with van der Waals surface area (Å²) in [4.78, 5) is 31.6. The first-order chi connectivity index (χ1) is 15.5. The fourth-order valence-electron chi connectivity index (χ4n) is 4.01. The van der Waals surface area contributed by atoms with Gasteiger partial charge in [0.2, 0.25) is 0 Å². The number of aromatic nitrogens is 1. The Morgan fingerprint density at radius 2 is 1.88 bits per heavy atom. The molecule has 5 rings (SSSR count). The third-order valence-electron chi connectivity index (χ3n) is 5.72. The molecule has 2 aromatic heterocycles. The lowest BCUT2D eigenvalue weighted by Crippen LogP contribution is -2.44. The number of carbonyl (C=O) groups excluding carboxylic acids is 1. The number of carbonyl (C=O) groups is 1. The van der Waals surface area contributed by atoms with Crippen molar-refractivity contribution < 1.29 is 13.6 Å². The number of halogens is 2. The summed E-state index contributed by atoms with van der Waals surface area (Å²) in [7, 11) is 0. The summed E-state index contributed by atoms with van der Waals surface area (Å²) < 4.78 is 10.9. The van der Waals surface area contributed by atoms with E-state index in [9.17, 15) is 9.59 Å². The van der Waals surface area contributed by atoms with E-state index in [0.29, 0.717) is 0 Å². The van der Waals surface area contributed by atoms with Crippen molar-refractivity contribution in [3.05, 3.63) is 74.4 Å². The predicted molar refractivity (Wildman–Crippen MR) is 122 cm³/mol. The van der Waals surface area contributed by atoms with Crippen molar-refractivity contribution in [3.63, 3.8) is 0 Å². The van der Waals surface area contributed by atoms with Crippen LogP contribution in [0.2, 0.25) is 10.0 Å². The van der Waals surface area contributed by atoms with E-state index in [0.717, 1.165) is 43.6 Å². The maximum Gasteiger partial charge on any atom is 0.287 e. The number of hydrogen-bond donors (Lipinski definition) is 1. The van der Waals surface area contributed by atoms with E-state index in [1.54, 1.807) is 0 Å². The fourth-order valence-corrected chi connectivity index (χ4v) is 4.33. The van der Waals surface area contributed by atoms with E-state index in [4.69, 9.17) is 32.0 Å². The van der Waals surface area contributed by atoms with E-state index in [1.165, 1.54) is 30.2 Å². The zero-order valence-corrected chi connectivity index (χ0v) is 18.4. The number of amides is 1. The Morgan fingerprint density at radius 3 is 2.69 bits per heavy atom. The minimum atomic E-state index is -0.412. The zero-order chi connectivity index (χ0) is 22.2. The number of hydrogen-bond acceptors (Lipinski definition) is 6. The van der Waals surface area contributed by atoms with Gasteiger partial charge in [0.05, 0.1) is 15.4 Å². The Bertz CT molecular complexity index is 1370. The molecule has 1 N–H and O–H groups in total. The number of piperidine rings is 1. The van der Waals surface area contributed by atoms with Gasteiger partial charge in [-0.15, -0.1) is 0 Å². The Morgan fingerprint density at radius 1 is 1.09 bits per heavy atom. The maximum absolute atomic E-state index is 12.7. The van der Waals surface area contributed by atoms with Crippen LogP contribution in [0.5, 0.6) is 0 Å². The van der Waals surface area contributed by atoms with Crippen LogP contribution in [-0.4, -0.2) is 34.9 Å². The number of benzene rings is 2. The Kier molecular flexibility index (Phi) is 5.63. The molecule has 164 valence electrons. The van der Waals surface area contributed by atoms with Gasteiger partial charge in [-0.05, 0) is 36.6 Å². The van der Waals surface area contributed by atoms with Crippen LogP contribution >= 0.6 is 23.2 Å². The number of fused-ring (bicyclic) bond motifs is 2. The summed E-state index contributed by atoms with van der Waals surface area (Å²) in [5, 5.41) is 3.78. The van der Waals surface area contributed by atoms with E-state index in [1.807, 2.05) is 18.2 Å². The van der Waals surface area contributed by atoms with Crippen molar-refractivity contribution in [1.82, 2.24) is 15.2 Å². The van der Waals surface area contributed by atoms with E-state index < -0.39 is 5.91 Å². The van der Waals surface area contributed by atoms with E-state index in [-0.39, 0.29) is 38.2 Å². The number of rotatable bonds is 4. The van der Waals surface area contributed by atoms with E-state index in [2.05, 4.69) is 15.2 Å². The molecule has 1 amide bonds. The van der Waals surface area contributed by atoms with Crippen LogP contribution in [0, 0.1) is 0 Å². The van der Waals surface area contributed by atoms with Gasteiger partial charge in [-0.2, -0.15) is 0 Å². The highest BCUT2D eigenvalue weighted by Gasteiger charge is 2.23. The summed E-state index contributed by atoms with van der Waals surface area (Å²) in [5.74, 6) is -0.450. The summed E-state index contributed by atoms with van der Waals surface area (Å²) in [5.41, 5.74) is 2.70. The minimum absolute atomic E-state index is 0.00609. The van der Waals surface area contributed by atoms with Crippen molar-refractivity contribution in [3.8, 4) is 0 Å². The highest BCUT2D eigenvalue weighted by molar-refractivity contribution is 6.42. The van der Waals surface area contributed by atoms with Gasteiger partial charge in [0.15, 0.2) is 23.2 Å². The van der Waals surface area contributed by atoms with Crippen LogP contribution in [-0.2, 0) is 6.54 Å². The topological polar surface area (TPSA) is 88.6 Å². The van der Waals surface area contributed by atoms with Gasteiger partial charge in [-0.1, -0.05) is 29.3 Å². The average molecular weight is 472 g/mol. The van der Waals surface area contributed by atoms with Gasteiger partial charge in [0, 0.05) is 37.8 Å². The zero-order valence-electron chi connectivity index (χ0n) is 16.9. The van der Waals surface area contributed by atoms with Crippen LogP contribution in [0.3, 0.4) is 0 Å². The first-order valence-electron chi connectivity index (χ1n) is 10.2. The third kappa shape index (κ3) is 4.24. The average Bonchev–Trinajstić information content (AvgIpc) is 3.24. The summed E-state index contributed by atoms with van der Waals surface area (Å²) in [6.45, 7) is 2.50. The Hall–Kier alpha value is -2.87. The van der Waals surface area contributed by atoms with E-state index >= 15 is 0 Å². The fraction of sp³-hybridized carbons (Fsp3) is 0.261. The Balaban J connectivity index is 1.21. The molecule has 0 bridgehead atoms. The van der Waals surface area contributed by atoms with Crippen molar-refractivity contribution >= 4 is 51.2 Å². The van der Waals surface area contributed by atoms with Gasteiger partial charge in [-0.3, -0.25) is 14.5 Å². The number of nitrogens with one attached hydrogen (secondary N) is 1. The second-order valence-electron chi connectivity index (χ2n) is 7.92. The lowest BCUT2D eigenvalue weighted by Gasteiger charge is -2.32. The molecule has 0 spiro atoms. The molecule has 3 heterocycles. The van der Waals surface area contributed by atoms with Gasteiger partial charge in [0.25, 0.3) is 5.91 Å². The Labute approximate surface area is 192 Å². The second kappa shape index (κ2) is 8.58. The second-order valence-corrected chi connectivity index (χ2v) is 8.73. The summed E-state index contributed by atoms with van der Waals surface area (Å²) in [6.07, 6.45) is 3.05. The molecule has 0 unspecified atom stereocenters. The monoisotopic (exact) mass is 471 g/mol. The van der Waals surface area contributed by atoms with Crippen molar-refractivity contribution in [2.45, 2.75) is 25.4 Å². The number of nitrogens with zero attached hydrogens (tertiary/aromatic N) is 2. The molecule has 1 fully saturated rings. The lowest BCUT2D eigenvalue weighted by molar-refractivity contribution is 0.0881. The van der Waals surface area contributed by atoms with Gasteiger partial charge in [0.1, 0.15) is 11.1 Å². The minimum Gasteiger partial charge on any atom is -0.451 e. The lowest BCUT2D eigenvalue weighted by atomic mass is 10.0. The van der Waals surface area contributed by atoms with Gasteiger partial charge < -0.3 is 14.2 Å². The molecule has 0 aliphatic carbocycles. The molecule has 1 aliphatic heterocycles. The predicted octanol–water partition coefficient (Wildman–Crippen LogP) is 4.64. The molecule has 0 atom stereocenters. The van der Waals surface area contributed by atoms with Crippen LogP contribution in [0.15, 0.2) is 56.4 Å². The van der Waals surface area contributed by atoms with Gasteiger partial charge >= 0.3 is 0 Å². The summed E-state index contributed by atoms with van der Waals surface area (Å²) in [6, 6.07) is 10.1. The molecule has 9 heteroatoms. The molecule has 7 nitrogen and oxygen atoms in total. The highest BCUT2D eigenvalue weighted by Crippen LogP contribution is 2.27. The molecule has 0 radical (unpaired) electrons. The SMILES string of the molecule is O=C(NC1CCN(Cc2ccc3ocnc3c2)CC1)c1cc(=O)c2cc(Cl)c(Cl)cc2o1. The third-order valence-corrected chi connectivity index (χ3v) is 6.44. The smallest absolute Gasteiger partial charge is 0.287 e. The molecule has 0 saturated carbocycles. The van der Waals surface area contributed by atoms with Crippen LogP contribution in [0.1, 0.15) is 29.0 Å². The standard InChI is InChI=1S/C23H19Cl2N3O4/c24-16-8-15-19(29)10-22(32-21(15)9-17(16)25)23(30)27-14-3-5-28(6-4-14)11-13-1-2-20-18(7-13)26-12-31-20/h1-2,7-10,12,14H,3-6,11H2,(H,27,30). The van der Waals surface area contributed by atoms with Crippen LogP contribution in [0.4, 0.5) is 0 Å². The number of oxazole rings is 1. The van der Waals surface area contributed by atoms with Crippen molar-refractivity contribution in [1.29, 1.82) is 0 Å². The van der Waals surface area contributed by atoms with Crippen molar-refractivity contribution in [2.24, 2.45) is 0 Å². The van der Waals surface area contributed by atoms with Crippen LogP contribution in [0.25, 0.3) is 22.1 Å². The molecule has 2 aromatic carbocycles. The maximum atomic E-state index is 12.7. The molecule has 1 aliphatic rings. The molecular formula is C23H19Cl2N3O4.